The van der Waals surface area contributed by atoms with Crippen molar-refractivity contribution in [1.29, 1.82) is 0 Å². The number of carbonyl (C=O) groups excluding carboxylic acids is 1. The van der Waals surface area contributed by atoms with Crippen LogP contribution in [0.3, 0.4) is 0 Å². The smallest absolute Gasteiger partial charge is 0.238 e. The van der Waals surface area contributed by atoms with Crippen LogP contribution in [0, 0.1) is 18.3 Å². The van der Waals surface area contributed by atoms with Crippen LogP contribution in [0.15, 0.2) is 0 Å². The third kappa shape index (κ3) is 3.40. The molecule has 0 saturated heterocycles. The molecule has 3 nitrogen and oxygen atoms in total. The summed E-state index contributed by atoms with van der Waals surface area (Å²) in [6.45, 7) is 5.53. The van der Waals surface area contributed by atoms with Crippen molar-refractivity contribution in [2.75, 3.05) is 0 Å². The molecule has 0 aliphatic heterocycles. The maximum Gasteiger partial charge on any atom is 0.238 e. The van der Waals surface area contributed by atoms with Crippen LogP contribution < -0.4 is 11.1 Å². The van der Waals surface area contributed by atoms with Gasteiger partial charge in [0.25, 0.3) is 0 Å². The number of hydrogen-bond donors (Lipinski definition) is 2. The minimum Gasteiger partial charge on any atom is -0.341 e. The van der Waals surface area contributed by atoms with Crippen molar-refractivity contribution in [3.63, 3.8) is 0 Å². The van der Waals surface area contributed by atoms with E-state index in [9.17, 15) is 4.79 Å². The Labute approximate surface area is 73.7 Å². The third-order valence-corrected chi connectivity index (χ3v) is 1.63. The Morgan fingerprint density at radius 1 is 1.50 bits per heavy atom. The lowest BCUT2D eigenvalue weighted by Crippen LogP contribution is -2.46. The molecule has 0 rings (SSSR count). The number of amides is 1. The second kappa shape index (κ2) is 4.78. The molecule has 68 valence electrons. The Morgan fingerprint density at radius 2 is 2.00 bits per heavy atom. The molecule has 3 heteroatoms. The molecule has 3 N–H and O–H groups in total. The Balaban J connectivity index is 3.98. The molecular formula is C9H16N2O. The van der Waals surface area contributed by atoms with Crippen molar-refractivity contribution in [1.82, 2.24) is 5.32 Å². The average Bonchev–Trinajstić information content (AvgIpc) is 2.02. The number of carbonyl (C=O) groups is 1. The summed E-state index contributed by atoms with van der Waals surface area (Å²) in [5.41, 5.74) is 5.58. The van der Waals surface area contributed by atoms with E-state index in [0.29, 0.717) is 0 Å². The van der Waals surface area contributed by atoms with Gasteiger partial charge in [-0.05, 0) is 12.8 Å². The van der Waals surface area contributed by atoms with Crippen LogP contribution in [-0.2, 0) is 4.79 Å². The lowest BCUT2D eigenvalue weighted by atomic mass is 10.0. The van der Waals surface area contributed by atoms with Gasteiger partial charge in [0.05, 0.1) is 12.1 Å². The molecule has 0 bridgehead atoms. The van der Waals surface area contributed by atoms with E-state index >= 15 is 0 Å². The van der Waals surface area contributed by atoms with Crippen molar-refractivity contribution in [3.05, 3.63) is 0 Å². The quantitative estimate of drug-likeness (QED) is 0.587. The SMILES string of the molecule is C#CC(C)NC(=O)C(N)C(C)C. The summed E-state index contributed by atoms with van der Waals surface area (Å²) in [6, 6.07) is -0.719. The molecule has 2 atom stereocenters. The molecule has 0 aliphatic rings. The van der Waals surface area contributed by atoms with Crippen molar-refractivity contribution in [2.24, 2.45) is 11.7 Å². The highest BCUT2D eigenvalue weighted by atomic mass is 16.2. The van der Waals surface area contributed by atoms with Gasteiger partial charge in [-0.1, -0.05) is 19.8 Å². The molecule has 0 saturated carbocycles. The lowest BCUT2D eigenvalue weighted by Gasteiger charge is -2.16. The number of hydrogen-bond acceptors (Lipinski definition) is 2. The van der Waals surface area contributed by atoms with Crippen LogP contribution in [0.4, 0.5) is 0 Å². The van der Waals surface area contributed by atoms with Crippen LogP contribution in [0.25, 0.3) is 0 Å². The van der Waals surface area contributed by atoms with Crippen molar-refractivity contribution in [3.8, 4) is 12.3 Å². The van der Waals surface area contributed by atoms with E-state index in [0.717, 1.165) is 0 Å². The highest BCUT2D eigenvalue weighted by Crippen LogP contribution is 1.97. The van der Waals surface area contributed by atoms with Gasteiger partial charge in [-0.3, -0.25) is 4.79 Å². The predicted molar refractivity (Wildman–Crippen MR) is 49.3 cm³/mol. The topological polar surface area (TPSA) is 55.1 Å². The second-order valence-electron chi connectivity index (χ2n) is 3.17. The molecule has 12 heavy (non-hydrogen) atoms. The maximum absolute atomic E-state index is 11.2. The van der Waals surface area contributed by atoms with Gasteiger partial charge in [-0.15, -0.1) is 6.42 Å². The van der Waals surface area contributed by atoms with Crippen molar-refractivity contribution in [2.45, 2.75) is 32.9 Å². The van der Waals surface area contributed by atoms with Crippen LogP contribution >= 0.6 is 0 Å². The molecule has 0 radical (unpaired) electrons. The van der Waals surface area contributed by atoms with E-state index in [1.807, 2.05) is 13.8 Å². The molecular weight excluding hydrogens is 152 g/mol. The highest BCUT2D eigenvalue weighted by Gasteiger charge is 2.17. The normalized spacial score (nSPS) is 15.0. The van der Waals surface area contributed by atoms with Gasteiger partial charge in [0.2, 0.25) is 5.91 Å². The number of rotatable bonds is 3. The van der Waals surface area contributed by atoms with Crippen LogP contribution in [0.1, 0.15) is 20.8 Å². The Kier molecular flexibility index (Phi) is 4.38. The maximum atomic E-state index is 11.2. The fraction of sp³-hybridized carbons (Fsp3) is 0.667. The van der Waals surface area contributed by atoms with Gasteiger partial charge in [0.1, 0.15) is 0 Å². The van der Waals surface area contributed by atoms with Crippen molar-refractivity contribution < 1.29 is 4.79 Å². The van der Waals surface area contributed by atoms with Gasteiger partial charge in [0.15, 0.2) is 0 Å². The van der Waals surface area contributed by atoms with E-state index in [-0.39, 0.29) is 17.9 Å². The summed E-state index contributed by atoms with van der Waals surface area (Å²) in [4.78, 5) is 11.2. The summed E-state index contributed by atoms with van der Waals surface area (Å²) in [5, 5.41) is 2.61. The molecule has 1 amide bonds. The Morgan fingerprint density at radius 3 is 2.33 bits per heavy atom. The first-order valence-electron chi connectivity index (χ1n) is 4.01. The summed E-state index contributed by atoms with van der Waals surface area (Å²) >= 11 is 0. The molecule has 0 heterocycles. The van der Waals surface area contributed by atoms with E-state index in [4.69, 9.17) is 12.2 Å². The number of nitrogens with two attached hydrogens (primary N) is 1. The molecule has 0 spiro atoms. The number of nitrogens with one attached hydrogen (secondary N) is 1. The fourth-order valence-electron chi connectivity index (χ4n) is 0.654. The first-order chi connectivity index (χ1) is 5.49. The predicted octanol–water partition coefficient (Wildman–Crippen LogP) is 0.108. The molecule has 0 aromatic carbocycles. The molecule has 0 aromatic heterocycles. The van der Waals surface area contributed by atoms with Crippen LogP contribution in [0.2, 0.25) is 0 Å². The van der Waals surface area contributed by atoms with E-state index in [1.165, 1.54) is 0 Å². The largest absolute Gasteiger partial charge is 0.341 e. The minimum absolute atomic E-state index is 0.134. The van der Waals surface area contributed by atoms with Gasteiger partial charge in [-0.2, -0.15) is 0 Å². The van der Waals surface area contributed by atoms with Gasteiger partial charge < -0.3 is 11.1 Å². The van der Waals surface area contributed by atoms with E-state index in [1.54, 1.807) is 6.92 Å². The first-order valence-corrected chi connectivity index (χ1v) is 4.01. The molecule has 0 aliphatic carbocycles. The zero-order chi connectivity index (χ0) is 9.72. The van der Waals surface area contributed by atoms with Crippen LogP contribution in [-0.4, -0.2) is 18.0 Å². The third-order valence-electron chi connectivity index (χ3n) is 1.63. The Hall–Kier alpha value is -1.01. The summed E-state index contributed by atoms with van der Waals surface area (Å²) in [7, 11) is 0. The van der Waals surface area contributed by atoms with E-state index < -0.39 is 6.04 Å². The monoisotopic (exact) mass is 168 g/mol. The van der Waals surface area contributed by atoms with Gasteiger partial charge >= 0.3 is 0 Å². The van der Waals surface area contributed by atoms with Crippen LogP contribution in [0.5, 0.6) is 0 Å². The van der Waals surface area contributed by atoms with Gasteiger partial charge in [0, 0.05) is 0 Å². The highest BCUT2D eigenvalue weighted by molar-refractivity contribution is 5.82. The zero-order valence-electron chi connectivity index (χ0n) is 7.79. The Bertz CT molecular complexity index is 193. The van der Waals surface area contributed by atoms with Crippen molar-refractivity contribution >= 4 is 5.91 Å². The number of terminal acetylenes is 1. The second-order valence-corrected chi connectivity index (χ2v) is 3.17. The average molecular weight is 168 g/mol. The molecule has 2 unspecified atom stereocenters. The van der Waals surface area contributed by atoms with Gasteiger partial charge in [-0.25, -0.2) is 0 Å². The lowest BCUT2D eigenvalue weighted by molar-refractivity contribution is -0.123. The first kappa shape index (κ1) is 11.0. The van der Waals surface area contributed by atoms with E-state index in [2.05, 4.69) is 11.2 Å². The molecule has 0 aromatic rings. The standard InChI is InChI=1S/C9H16N2O/c1-5-7(4)11-9(12)8(10)6(2)3/h1,6-8H,10H2,2-4H3,(H,11,12). The zero-order valence-corrected chi connectivity index (χ0v) is 7.79. The summed E-state index contributed by atoms with van der Waals surface area (Å²) in [5.74, 6) is 2.35. The summed E-state index contributed by atoms with van der Waals surface area (Å²) < 4.78 is 0. The summed E-state index contributed by atoms with van der Waals surface area (Å²) in [6.07, 6.45) is 5.09. The molecule has 0 fully saturated rings. The minimum atomic E-state index is -0.471. The fourth-order valence-corrected chi connectivity index (χ4v) is 0.654.